The Labute approximate surface area is 119 Å². The molecule has 2 heterocycles. The molecule has 0 spiro atoms. The van der Waals surface area contributed by atoms with Gasteiger partial charge in [-0.15, -0.1) is 0 Å². The minimum atomic E-state index is 0.0275. The second-order valence-electron chi connectivity index (χ2n) is 6.09. The van der Waals surface area contributed by atoms with Gasteiger partial charge in [0.2, 0.25) is 0 Å². The molecule has 0 aromatic carbocycles. The maximum Gasteiger partial charge on any atom is 0.272 e. The van der Waals surface area contributed by atoms with E-state index in [2.05, 4.69) is 9.97 Å². The molecule has 1 aliphatic carbocycles. The van der Waals surface area contributed by atoms with Gasteiger partial charge in [-0.25, -0.2) is 9.97 Å². The van der Waals surface area contributed by atoms with E-state index in [4.69, 9.17) is 5.73 Å². The van der Waals surface area contributed by atoms with Gasteiger partial charge in [0.1, 0.15) is 11.5 Å². The molecule has 2 N–H and O–H groups in total. The van der Waals surface area contributed by atoms with E-state index >= 15 is 0 Å². The van der Waals surface area contributed by atoms with Crippen molar-refractivity contribution in [1.82, 2.24) is 14.9 Å². The lowest BCUT2D eigenvalue weighted by atomic mass is 9.92. The normalized spacial score (nSPS) is 24.5. The predicted octanol–water partition coefficient (Wildman–Crippen LogP) is 1.55. The molecular formula is C15H22N4O. The van der Waals surface area contributed by atoms with E-state index in [-0.39, 0.29) is 11.9 Å². The fourth-order valence-electron chi connectivity index (χ4n) is 2.82. The van der Waals surface area contributed by atoms with Crippen LogP contribution in [-0.2, 0) is 0 Å². The predicted molar refractivity (Wildman–Crippen MR) is 76.3 cm³/mol. The van der Waals surface area contributed by atoms with Crippen molar-refractivity contribution in [3.05, 3.63) is 23.8 Å². The first-order valence-corrected chi connectivity index (χ1v) is 7.53. The molecule has 3 rings (SSSR count). The summed E-state index contributed by atoms with van der Waals surface area (Å²) < 4.78 is 0. The van der Waals surface area contributed by atoms with E-state index in [1.54, 1.807) is 12.3 Å². The number of likely N-dealkylation sites (tertiary alicyclic amines) is 1. The van der Waals surface area contributed by atoms with Crippen molar-refractivity contribution in [2.45, 2.75) is 44.6 Å². The Morgan fingerprint density at radius 3 is 2.95 bits per heavy atom. The Bertz CT molecular complexity index is 498. The van der Waals surface area contributed by atoms with Crippen LogP contribution < -0.4 is 5.73 Å². The fourth-order valence-corrected chi connectivity index (χ4v) is 2.82. The Balaban J connectivity index is 1.72. The zero-order chi connectivity index (χ0) is 14.1. The fraction of sp³-hybridized carbons (Fsp3) is 0.667. The number of nitrogens with two attached hydrogens (primary N) is 1. The minimum absolute atomic E-state index is 0.0275. The van der Waals surface area contributed by atoms with Crippen molar-refractivity contribution in [3.63, 3.8) is 0 Å². The number of hydrogen-bond acceptors (Lipinski definition) is 4. The molecule has 1 aromatic heterocycles. The average Bonchev–Trinajstić information content (AvgIpc) is 3.31. The van der Waals surface area contributed by atoms with E-state index in [1.165, 1.54) is 0 Å². The third-order valence-electron chi connectivity index (χ3n) is 4.32. The van der Waals surface area contributed by atoms with Crippen LogP contribution in [-0.4, -0.2) is 39.9 Å². The largest absolute Gasteiger partial charge is 0.337 e. The van der Waals surface area contributed by atoms with Gasteiger partial charge in [0.15, 0.2) is 0 Å². The Kier molecular flexibility index (Phi) is 3.70. The maximum absolute atomic E-state index is 12.6. The number of aromatic nitrogens is 2. The van der Waals surface area contributed by atoms with Gasteiger partial charge in [0.05, 0.1) is 0 Å². The van der Waals surface area contributed by atoms with E-state index < -0.39 is 0 Å². The van der Waals surface area contributed by atoms with Crippen LogP contribution in [0.25, 0.3) is 0 Å². The first-order valence-electron chi connectivity index (χ1n) is 7.53. The van der Waals surface area contributed by atoms with Crippen LogP contribution in [0, 0.1) is 5.92 Å². The number of carbonyl (C=O) groups is 1. The van der Waals surface area contributed by atoms with Crippen LogP contribution in [0.4, 0.5) is 0 Å². The molecule has 1 saturated heterocycles. The molecule has 1 amide bonds. The van der Waals surface area contributed by atoms with Crippen LogP contribution in [0.1, 0.15) is 54.8 Å². The standard InChI is InChI=1S/C15H22N4O/c1-10(16)12-3-2-8-19(9-12)15(20)13-6-7-17-14(18-13)11-4-5-11/h6-7,10-12H,2-5,8-9,16H2,1H3/t10-,12+/m1/s1. The summed E-state index contributed by atoms with van der Waals surface area (Å²) in [7, 11) is 0. The smallest absolute Gasteiger partial charge is 0.272 e. The highest BCUT2D eigenvalue weighted by molar-refractivity contribution is 5.92. The van der Waals surface area contributed by atoms with Gasteiger partial charge in [-0.05, 0) is 44.6 Å². The summed E-state index contributed by atoms with van der Waals surface area (Å²) >= 11 is 0. The van der Waals surface area contributed by atoms with E-state index in [0.29, 0.717) is 17.5 Å². The summed E-state index contributed by atoms with van der Waals surface area (Å²) in [6, 6.07) is 1.86. The topological polar surface area (TPSA) is 72.1 Å². The molecule has 1 saturated carbocycles. The highest BCUT2D eigenvalue weighted by Gasteiger charge is 2.30. The molecule has 0 unspecified atom stereocenters. The molecule has 1 aromatic rings. The first-order chi connectivity index (χ1) is 9.65. The van der Waals surface area contributed by atoms with Gasteiger partial charge < -0.3 is 10.6 Å². The summed E-state index contributed by atoms with van der Waals surface area (Å²) in [6.07, 6.45) is 6.14. The molecule has 20 heavy (non-hydrogen) atoms. The monoisotopic (exact) mass is 274 g/mol. The van der Waals surface area contributed by atoms with Crippen LogP contribution in [0.5, 0.6) is 0 Å². The van der Waals surface area contributed by atoms with E-state index in [0.717, 1.165) is 44.6 Å². The summed E-state index contributed by atoms with van der Waals surface area (Å²) in [5.74, 6) is 1.73. The molecule has 0 radical (unpaired) electrons. The number of piperidine rings is 1. The lowest BCUT2D eigenvalue weighted by molar-refractivity contribution is 0.0654. The molecule has 5 nitrogen and oxygen atoms in total. The van der Waals surface area contributed by atoms with Crippen molar-refractivity contribution < 1.29 is 4.79 Å². The van der Waals surface area contributed by atoms with Crippen LogP contribution in [0.15, 0.2) is 12.3 Å². The number of nitrogens with zero attached hydrogens (tertiary/aromatic N) is 3. The highest BCUT2D eigenvalue weighted by atomic mass is 16.2. The summed E-state index contributed by atoms with van der Waals surface area (Å²) in [6.45, 7) is 3.58. The lowest BCUT2D eigenvalue weighted by Gasteiger charge is -2.34. The van der Waals surface area contributed by atoms with Gasteiger partial charge in [-0.3, -0.25) is 4.79 Å². The van der Waals surface area contributed by atoms with Gasteiger partial charge in [-0.1, -0.05) is 0 Å². The lowest BCUT2D eigenvalue weighted by Crippen LogP contribution is -2.45. The van der Waals surface area contributed by atoms with Crippen molar-refractivity contribution in [2.75, 3.05) is 13.1 Å². The van der Waals surface area contributed by atoms with Gasteiger partial charge >= 0.3 is 0 Å². The van der Waals surface area contributed by atoms with Crippen LogP contribution in [0.3, 0.4) is 0 Å². The van der Waals surface area contributed by atoms with Crippen LogP contribution >= 0.6 is 0 Å². The molecule has 0 bridgehead atoms. The Morgan fingerprint density at radius 2 is 2.25 bits per heavy atom. The number of rotatable bonds is 3. The van der Waals surface area contributed by atoms with Crippen molar-refractivity contribution in [1.29, 1.82) is 0 Å². The third-order valence-corrected chi connectivity index (χ3v) is 4.32. The second kappa shape index (κ2) is 5.48. The average molecular weight is 274 g/mol. The zero-order valence-corrected chi connectivity index (χ0v) is 12.0. The zero-order valence-electron chi connectivity index (χ0n) is 12.0. The number of hydrogen-bond donors (Lipinski definition) is 1. The molecule has 2 atom stereocenters. The second-order valence-corrected chi connectivity index (χ2v) is 6.09. The van der Waals surface area contributed by atoms with Gasteiger partial charge in [-0.2, -0.15) is 0 Å². The molecule has 2 fully saturated rings. The Morgan fingerprint density at radius 1 is 1.45 bits per heavy atom. The van der Waals surface area contributed by atoms with Gasteiger partial charge in [0.25, 0.3) is 5.91 Å². The molecule has 108 valence electrons. The third kappa shape index (κ3) is 2.82. The van der Waals surface area contributed by atoms with Crippen molar-refractivity contribution >= 4 is 5.91 Å². The SMILES string of the molecule is C[C@@H](N)[C@H]1CCCN(C(=O)c2ccnc(C3CC3)n2)C1. The van der Waals surface area contributed by atoms with Gasteiger partial charge in [0, 0.05) is 31.2 Å². The Hall–Kier alpha value is -1.49. The summed E-state index contributed by atoms with van der Waals surface area (Å²) in [5.41, 5.74) is 6.51. The quantitative estimate of drug-likeness (QED) is 0.907. The van der Waals surface area contributed by atoms with E-state index in [1.807, 2.05) is 11.8 Å². The van der Waals surface area contributed by atoms with Crippen molar-refractivity contribution in [2.24, 2.45) is 11.7 Å². The summed E-state index contributed by atoms with van der Waals surface area (Å²) in [5, 5.41) is 0. The number of amides is 1. The number of carbonyl (C=O) groups excluding carboxylic acids is 1. The molecule has 2 aliphatic rings. The van der Waals surface area contributed by atoms with Crippen molar-refractivity contribution in [3.8, 4) is 0 Å². The van der Waals surface area contributed by atoms with Crippen LogP contribution in [0.2, 0.25) is 0 Å². The summed E-state index contributed by atoms with van der Waals surface area (Å²) in [4.78, 5) is 23.2. The minimum Gasteiger partial charge on any atom is -0.337 e. The highest BCUT2D eigenvalue weighted by Crippen LogP contribution is 2.37. The molecule has 1 aliphatic heterocycles. The maximum atomic E-state index is 12.6. The first kappa shape index (κ1) is 13.5. The molecular weight excluding hydrogens is 252 g/mol. The molecule has 5 heteroatoms. The van der Waals surface area contributed by atoms with E-state index in [9.17, 15) is 4.79 Å².